The highest BCUT2D eigenvalue weighted by atomic mass is 16.5. The molecule has 0 fully saturated rings. The Morgan fingerprint density at radius 3 is 2.39 bits per heavy atom. The normalized spacial score (nSPS) is 20.8. The van der Waals surface area contributed by atoms with E-state index in [4.69, 9.17) is 9.47 Å². The van der Waals surface area contributed by atoms with Gasteiger partial charge in [-0.1, -0.05) is 25.1 Å². The van der Waals surface area contributed by atoms with Crippen molar-refractivity contribution in [1.82, 2.24) is 0 Å². The summed E-state index contributed by atoms with van der Waals surface area (Å²) < 4.78 is 10.4. The number of hydrogen-bond donors (Lipinski definition) is 1. The number of carbonyl (C=O) groups is 1. The molecule has 1 N–H and O–H groups in total. The second-order valence-electron chi connectivity index (χ2n) is 5.48. The molecule has 23 heavy (non-hydrogen) atoms. The van der Waals surface area contributed by atoms with Crippen LogP contribution in [0.5, 0.6) is 5.75 Å². The van der Waals surface area contributed by atoms with Gasteiger partial charge in [-0.2, -0.15) is 0 Å². The smallest absolute Gasteiger partial charge is 0.328 e. The molecular weight excluding hydrogens is 292 g/mol. The lowest BCUT2D eigenvalue weighted by Gasteiger charge is -2.34. The fourth-order valence-electron chi connectivity index (χ4n) is 2.87. The van der Waals surface area contributed by atoms with E-state index >= 15 is 0 Å². The molecule has 1 aliphatic rings. The molecule has 0 amide bonds. The zero-order valence-corrected chi connectivity index (χ0v) is 13.7. The summed E-state index contributed by atoms with van der Waals surface area (Å²) in [7, 11) is 3.24. The van der Waals surface area contributed by atoms with Crippen molar-refractivity contribution in [2.24, 2.45) is 5.41 Å². The van der Waals surface area contributed by atoms with Crippen LogP contribution in [0.2, 0.25) is 0 Å². The zero-order chi connectivity index (χ0) is 16.9. The maximum absolute atomic E-state index is 11.4. The van der Waals surface area contributed by atoms with Gasteiger partial charge in [-0.15, -0.1) is 0 Å². The molecular formula is C19H22O4. The summed E-state index contributed by atoms with van der Waals surface area (Å²) in [6.45, 7) is 2.06. The number of carboxylic acids is 1. The van der Waals surface area contributed by atoms with Crippen LogP contribution in [-0.4, -0.2) is 25.3 Å². The number of hydrogen-bond acceptors (Lipinski definition) is 3. The van der Waals surface area contributed by atoms with Gasteiger partial charge < -0.3 is 14.6 Å². The van der Waals surface area contributed by atoms with E-state index in [2.05, 4.69) is 6.92 Å². The number of ether oxygens (including phenoxy) is 2. The number of rotatable bonds is 6. The summed E-state index contributed by atoms with van der Waals surface area (Å²) >= 11 is 0. The van der Waals surface area contributed by atoms with Gasteiger partial charge in [0, 0.05) is 11.5 Å². The van der Waals surface area contributed by atoms with Gasteiger partial charge in [0.05, 0.1) is 14.2 Å². The van der Waals surface area contributed by atoms with E-state index in [1.165, 1.54) is 6.08 Å². The highest BCUT2D eigenvalue weighted by Crippen LogP contribution is 2.45. The van der Waals surface area contributed by atoms with Crippen LogP contribution in [0.15, 0.2) is 54.3 Å². The standard InChI is InChI=1S/C19H22O4/c1-4-19(11-9-16(23-3)10-12-19)17(13-18(20)21)14-5-7-15(22-2)8-6-14/h5-11,13H,4,12H2,1-3H3,(H,20,21). The number of methoxy groups -OCH3 is 2. The lowest BCUT2D eigenvalue weighted by atomic mass is 9.70. The molecule has 1 aromatic carbocycles. The Balaban J connectivity index is 2.47. The average molecular weight is 314 g/mol. The van der Waals surface area contributed by atoms with Crippen LogP contribution in [-0.2, 0) is 9.53 Å². The molecule has 0 saturated carbocycles. The van der Waals surface area contributed by atoms with E-state index in [1.807, 2.05) is 42.5 Å². The minimum Gasteiger partial charge on any atom is -0.497 e. The summed E-state index contributed by atoms with van der Waals surface area (Å²) in [4.78, 5) is 11.4. The number of benzene rings is 1. The van der Waals surface area contributed by atoms with Crippen LogP contribution < -0.4 is 4.74 Å². The highest BCUT2D eigenvalue weighted by Gasteiger charge is 2.32. The summed E-state index contributed by atoms with van der Waals surface area (Å²) in [5.41, 5.74) is 1.32. The van der Waals surface area contributed by atoms with Crippen molar-refractivity contribution < 1.29 is 19.4 Å². The van der Waals surface area contributed by atoms with Gasteiger partial charge in [0.2, 0.25) is 0 Å². The molecule has 0 heterocycles. The quantitative estimate of drug-likeness (QED) is 0.805. The number of allylic oxidation sites excluding steroid dienone is 4. The molecule has 122 valence electrons. The minimum atomic E-state index is -0.946. The van der Waals surface area contributed by atoms with Gasteiger partial charge in [0.1, 0.15) is 11.5 Å². The van der Waals surface area contributed by atoms with Crippen LogP contribution >= 0.6 is 0 Å². The molecule has 0 saturated heterocycles. The topological polar surface area (TPSA) is 55.8 Å². The maximum atomic E-state index is 11.4. The predicted molar refractivity (Wildman–Crippen MR) is 90.2 cm³/mol. The third kappa shape index (κ3) is 3.65. The van der Waals surface area contributed by atoms with Crippen molar-refractivity contribution >= 4 is 11.5 Å². The Hall–Kier alpha value is -2.49. The monoisotopic (exact) mass is 314 g/mol. The largest absolute Gasteiger partial charge is 0.497 e. The van der Waals surface area contributed by atoms with E-state index in [9.17, 15) is 9.90 Å². The Bertz CT molecular complexity index is 652. The molecule has 1 atom stereocenters. The van der Waals surface area contributed by atoms with E-state index in [-0.39, 0.29) is 5.41 Å². The Morgan fingerprint density at radius 2 is 1.96 bits per heavy atom. The lowest BCUT2D eigenvalue weighted by Crippen LogP contribution is -2.22. The van der Waals surface area contributed by atoms with E-state index in [1.54, 1.807) is 14.2 Å². The Labute approximate surface area is 136 Å². The molecule has 2 rings (SSSR count). The van der Waals surface area contributed by atoms with Gasteiger partial charge in [0.15, 0.2) is 0 Å². The summed E-state index contributed by atoms with van der Waals surface area (Å²) in [5.74, 6) is 0.603. The average Bonchev–Trinajstić information content (AvgIpc) is 2.60. The minimum absolute atomic E-state index is 0.352. The molecule has 1 unspecified atom stereocenters. The second-order valence-corrected chi connectivity index (χ2v) is 5.48. The summed E-state index contributed by atoms with van der Waals surface area (Å²) in [6.07, 6.45) is 8.76. The van der Waals surface area contributed by atoms with Crippen molar-refractivity contribution in [3.8, 4) is 5.75 Å². The molecule has 0 radical (unpaired) electrons. The summed E-state index contributed by atoms with van der Waals surface area (Å²) in [6, 6.07) is 7.48. The summed E-state index contributed by atoms with van der Waals surface area (Å²) in [5, 5.41) is 9.32. The highest BCUT2D eigenvalue weighted by molar-refractivity contribution is 5.92. The molecule has 0 aromatic heterocycles. The van der Waals surface area contributed by atoms with Crippen LogP contribution in [0.25, 0.3) is 5.57 Å². The first-order valence-corrected chi connectivity index (χ1v) is 7.57. The molecule has 0 spiro atoms. The van der Waals surface area contributed by atoms with Gasteiger partial charge in [-0.05, 0) is 48.3 Å². The van der Waals surface area contributed by atoms with Crippen molar-refractivity contribution in [1.29, 1.82) is 0 Å². The van der Waals surface area contributed by atoms with Crippen LogP contribution in [0, 0.1) is 5.41 Å². The van der Waals surface area contributed by atoms with E-state index in [0.717, 1.165) is 29.1 Å². The lowest BCUT2D eigenvalue weighted by molar-refractivity contribution is -0.131. The second kappa shape index (κ2) is 7.18. The van der Waals surface area contributed by atoms with Crippen molar-refractivity contribution in [2.75, 3.05) is 14.2 Å². The van der Waals surface area contributed by atoms with Crippen molar-refractivity contribution in [2.45, 2.75) is 19.8 Å². The van der Waals surface area contributed by atoms with Crippen LogP contribution in [0.1, 0.15) is 25.3 Å². The SMILES string of the molecule is CCC1(C(=CC(=O)O)c2ccc(OC)cc2)C=CC(OC)=CC1. The fourth-order valence-corrected chi connectivity index (χ4v) is 2.87. The van der Waals surface area contributed by atoms with Crippen molar-refractivity contribution in [3.05, 3.63) is 59.9 Å². The van der Waals surface area contributed by atoms with E-state index in [0.29, 0.717) is 6.42 Å². The van der Waals surface area contributed by atoms with Crippen LogP contribution in [0.4, 0.5) is 0 Å². The molecule has 4 heteroatoms. The molecule has 0 aliphatic heterocycles. The van der Waals surface area contributed by atoms with Gasteiger partial charge in [-0.3, -0.25) is 0 Å². The predicted octanol–water partition coefficient (Wildman–Crippen LogP) is 4.05. The third-order valence-corrected chi connectivity index (χ3v) is 4.31. The number of aliphatic carboxylic acids is 1. The fraction of sp³-hybridized carbons (Fsp3) is 0.316. The molecule has 1 aliphatic carbocycles. The first kappa shape index (κ1) is 16.9. The first-order valence-electron chi connectivity index (χ1n) is 7.57. The third-order valence-electron chi connectivity index (χ3n) is 4.31. The van der Waals surface area contributed by atoms with Gasteiger partial charge in [0.25, 0.3) is 0 Å². The van der Waals surface area contributed by atoms with Gasteiger partial charge in [-0.25, -0.2) is 4.79 Å². The maximum Gasteiger partial charge on any atom is 0.328 e. The van der Waals surface area contributed by atoms with Crippen LogP contribution in [0.3, 0.4) is 0 Å². The van der Waals surface area contributed by atoms with E-state index < -0.39 is 5.97 Å². The number of carboxylic acid groups (broad SMARTS) is 1. The van der Waals surface area contributed by atoms with Crippen molar-refractivity contribution in [3.63, 3.8) is 0 Å². The Morgan fingerprint density at radius 1 is 1.26 bits per heavy atom. The Kier molecular flexibility index (Phi) is 5.27. The van der Waals surface area contributed by atoms with Gasteiger partial charge >= 0.3 is 5.97 Å². The molecule has 0 bridgehead atoms. The zero-order valence-electron chi connectivity index (χ0n) is 13.7. The molecule has 1 aromatic rings. The first-order chi connectivity index (χ1) is 11.0. The molecule has 4 nitrogen and oxygen atoms in total.